The SMILES string of the molecule is CN1[C+]=CN(C)N1. The lowest BCUT2D eigenvalue weighted by atomic mass is 10.9. The Labute approximate surface area is 43.1 Å². The van der Waals surface area contributed by atoms with Crippen LogP contribution in [-0.2, 0) is 0 Å². The van der Waals surface area contributed by atoms with Gasteiger partial charge in [0.05, 0.1) is 7.05 Å². The highest BCUT2D eigenvalue weighted by molar-refractivity contribution is 4.73. The van der Waals surface area contributed by atoms with Crippen LogP contribution in [0.4, 0.5) is 0 Å². The van der Waals surface area contributed by atoms with Crippen molar-refractivity contribution in [1.82, 2.24) is 15.6 Å². The van der Waals surface area contributed by atoms with Crippen LogP contribution in [0, 0.1) is 6.20 Å². The summed E-state index contributed by atoms with van der Waals surface area (Å²) in [6.07, 6.45) is 4.71. The van der Waals surface area contributed by atoms with Gasteiger partial charge in [0.2, 0.25) is 0 Å². The molecule has 1 heterocycles. The Morgan fingerprint density at radius 2 is 2.29 bits per heavy atom. The molecule has 0 aromatic carbocycles. The Bertz CT molecular complexity index is 78.9. The van der Waals surface area contributed by atoms with Crippen LogP contribution in [0.2, 0.25) is 0 Å². The van der Waals surface area contributed by atoms with Gasteiger partial charge in [-0.15, -0.1) is 0 Å². The second-order valence-corrected chi connectivity index (χ2v) is 1.53. The van der Waals surface area contributed by atoms with Crippen LogP contribution in [0.1, 0.15) is 0 Å². The van der Waals surface area contributed by atoms with Gasteiger partial charge < -0.3 is 0 Å². The van der Waals surface area contributed by atoms with Crippen molar-refractivity contribution >= 4 is 0 Å². The molecule has 0 saturated heterocycles. The lowest BCUT2D eigenvalue weighted by molar-refractivity contribution is 0.187. The van der Waals surface area contributed by atoms with Crippen molar-refractivity contribution in [3.05, 3.63) is 12.4 Å². The molecule has 0 atom stereocenters. The zero-order valence-corrected chi connectivity index (χ0v) is 4.47. The molecule has 0 radical (unpaired) electrons. The van der Waals surface area contributed by atoms with Gasteiger partial charge >= 0.3 is 6.20 Å². The number of rotatable bonds is 0. The molecule has 38 valence electrons. The molecule has 0 aromatic rings. The maximum Gasteiger partial charge on any atom is 0.409 e. The molecule has 0 spiro atoms. The smallest absolute Gasteiger partial charge is 0.249 e. The average molecular weight is 98.1 g/mol. The van der Waals surface area contributed by atoms with Crippen molar-refractivity contribution in [2.75, 3.05) is 14.1 Å². The highest BCUT2D eigenvalue weighted by Gasteiger charge is 2.14. The third-order valence-electron chi connectivity index (χ3n) is 0.753. The summed E-state index contributed by atoms with van der Waals surface area (Å²) in [5, 5.41) is 3.57. The molecule has 0 saturated carbocycles. The van der Waals surface area contributed by atoms with Crippen molar-refractivity contribution in [3.63, 3.8) is 0 Å². The van der Waals surface area contributed by atoms with Gasteiger partial charge in [-0.25, -0.2) is 5.01 Å². The Balaban J connectivity index is 2.42. The summed E-state index contributed by atoms with van der Waals surface area (Å²) in [6, 6.07) is 0. The molecule has 1 N–H and O–H groups in total. The standard InChI is InChI=1S/C4H8N3/c1-6-3-4-7(2)5-6/h3,5H,1-2H3/q+1. The van der Waals surface area contributed by atoms with Gasteiger partial charge in [0.15, 0.2) is 0 Å². The van der Waals surface area contributed by atoms with Crippen molar-refractivity contribution in [2.24, 2.45) is 0 Å². The van der Waals surface area contributed by atoms with E-state index in [9.17, 15) is 0 Å². The lowest BCUT2D eigenvalue weighted by Gasteiger charge is -2.02. The molecule has 0 unspecified atom stereocenters. The van der Waals surface area contributed by atoms with E-state index in [1.54, 1.807) is 5.01 Å². The number of nitrogens with zero attached hydrogens (tertiary/aromatic N) is 2. The topological polar surface area (TPSA) is 18.5 Å². The molecule has 0 aromatic heterocycles. The second kappa shape index (κ2) is 1.37. The van der Waals surface area contributed by atoms with Crippen LogP contribution >= 0.6 is 0 Å². The molecule has 7 heavy (non-hydrogen) atoms. The van der Waals surface area contributed by atoms with E-state index in [2.05, 4.69) is 11.7 Å². The highest BCUT2D eigenvalue weighted by Crippen LogP contribution is 1.88. The molecular weight excluding hydrogens is 90.1 g/mol. The van der Waals surface area contributed by atoms with E-state index in [0.717, 1.165) is 0 Å². The maximum absolute atomic E-state index is 2.92. The zero-order chi connectivity index (χ0) is 5.28. The molecule has 3 nitrogen and oxygen atoms in total. The molecule has 3 heteroatoms. The van der Waals surface area contributed by atoms with Gasteiger partial charge in [-0.2, -0.15) is 0 Å². The Morgan fingerprint density at radius 1 is 1.57 bits per heavy atom. The Kier molecular flexibility index (Phi) is 0.855. The van der Waals surface area contributed by atoms with Crippen molar-refractivity contribution < 1.29 is 0 Å². The first-order valence-electron chi connectivity index (χ1n) is 2.11. The number of nitrogens with one attached hydrogen (secondary N) is 1. The first-order valence-corrected chi connectivity index (χ1v) is 2.11. The van der Waals surface area contributed by atoms with Gasteiger partial charge in [0.25, 0.3) is 6.20 Å². The van der Waals surface area contributed by atoms with Crippen molar-refractivity contribution in [1.29, 1.82) is 0 Å². The van der Waals surface area contributed by atoms with Gasteiger partial charge in [0, 0.05) is 7.05 Å². The van der Waals surface area contributed by atoms with Crippen molar-refractivity contribution in [2.45, 2.75) is 0 Å². The minimum Gasteiger partial charge on any atom is -0.249 e. The van der Waals surface area contributed by atoms with Gasteiger partial charge in [0.1, 0.15) is 0 Å². The minimum atomic E-state index is 1.75. The molecular formula is C4H8N3+. The molecule has 0 amide bonds. The molecule has 0 bridgehead atoms. The summed E-state index contributed by atoms with van der Waals surface area (Å²) in [5.41, 5.74) is 2.92. The third-order valence-corrected chi connectivity index (χ3v) is 0.753. The fourth-order valence-electron chi connectivity index (χ4n) is 0.468. The molecule has 1 rings (SSSR count). The second-order valence-electron chi connectivity index (χ2n) is 1.53. The molecule has 1 aliphatic rings. The number of hydrazine groups is 2. The number of hydrogen-bond donors (Lipinski definition) is 1. The monoisotopic (exact) mass is 98.1 g/mol. The first kappa shape index (κ1) is 4.37. The van der Waals surface area contributed by atoms with E-state index in [4.69, 9.17) is 0 Å². The largest absolute Gasteiger partial charge is 0.409 e. The van der Waals surface area contributed by atoms with E-state index < -0.39 is 0 Å². The molecule has 0 fully saturated rings. The predicted molar refractivity (Wildman–Crippen MR) is 26.5 cm³/mol. The van der Waals surface area contributed by atoms with Crippen LogP contribution < -0.4 is 5.53 Å². The van der Waals surface area contributed by atoms with E-state index >= 15 is 0 Å². The summed E-state index contributed by atoms with van der Waals surface area (Å²) >= 11 is 0. The summed E-state index contributed by atoms with van der Waals surface area (Å²) in [5.74, 6) is 0. The van der Waals surface area contributed by atoms with Crippen LogP contribution in [0.5, 0.6) is 0 Å². The third kappa shape index (κ3) is 0.796. The van der Waals surface area contributed by atoms with E-state index in [-0.39, 0.29) is 0 Å². The Morgan fingerprint density at radius 3 is 2.43 bits per heavy atom. The highest BCUT2D eigenvalue weighted by atomic mass is 15.8. The minimum absolute atomic E-state index is 1.75. The van der Waals surface area contributed by atoms with E-state index in [1.165, 1.54) is 0 Å². The lowest BCUT2D eigenvalue weighted by Crippen LogP contribution is -2.33. The molecule has 0 aliphatic carbocycles. The van der Waals surface area contributed by atoms with Gasteiger partial charge in [-0.1, -0.05) is 10.5 Å². The van der Waals surface area contributed by atoms with Crippen molar-refractivity contribution in [3.8, 4) is 0 Å². The average Bonchev–Trinajstić information content (AvgIpc) is 1.87. The quantitative estimate of drug-likeness (QED) is 0.414. The van der Waals surface area contributed by atoms with Crippen LogP contribution in [0.25, 0.3) is 0 Å². The Hall–Kier alpha value is -0.790. The summed E-state index contributed by atoms with van der Waals surface area (Å²) in [4.78, 5) is 0. The van der Waals surface area contributed by atoms with Crippen LogP contribution in [-0.4, -0.2) is 24.1 Å². The van der Waals surface area contributed by atoms with Crippen LogP contribution in [0.3, 0.4) is 0 Å². The zero-order valence-electron chi connectivity index (χ0n) is 4.47. The summed E-state index contributed by atoms with van der Waals surface area (Å²) < 4.78 is 0. The van der Waals surface area contributed by atoms with Gasteiger partial charge in [-0.3, -0.25) is 0 Å². The van der Waals surface area contributed by atoms with E-state index in [0.29, 0.717) is 0 Å². The van der Waals surface area contributed by atoms with E-state index in [1.807, 2.05) is 25.3 Å². The van der Waals surface area contributed by atoms with Crippen LogP contribution in [0.15, 0.2) is 6.20 Å². The maximum atomic E-state index is 2.92. The fraction of sp³-hybridized carbons (Fsp3) is 0.500. The summed E-state index contributed by atoms with van der Waals surface area (Å²) in [7, 11) is 3.80. The summed E-state index contributed by atoms with van der Waals surface area (Å²) in [6.45, 7) is 0. The number of hydrogen-bond acceptors (Lipinski definition) is 3. The predicted octanol–water partition coefficient (Wildman–Crippen LogP) is -0.442. The van der Waals surface area contributed by atoms with Gasteiger partial charge in [-0.05, 0) is 0 Å². The fourth-order valence-corrected chi connectivity index (χ4v) is 0.468. The first-order chi connectivity index (χ1) is 3.29. The molecule has 1 aliphatic heterocycles. The normalized spacial score (nSPS) is 18.0.